The van der Waals surface area contributed by atoms with E-state index in [1.807, 2.05) is 0 Å². The SMILES string of the molecule is NC(=O)O[C@@H]1CNC[C@H](F)C1. The number of amides is 1. The van der Waals surface area contributed by atoms with Gasteiger partial charge in [0.1, 0.15) is 12.3 Å². The first-order valence-electron chi connectivity index (χ1n) is 3.49. The van der Waals surface area contributed by atoms with Crippen molar-refractivity contribution in [2.45, 2.75) is 18.7 Å². The molecule has 3 N–H and O–H groups in total. The fraction of sp³-hybridized carbons (Fsp3) is 0.833. The molecule has 4 nitrogen and oxygen atoms in total. The van der Waals surface area contributed by atoms with Crippen LogP contribution in [0.4, 0.5) is 9.18 Å². The second kappa shape index (κ2) is 3.52. The zero-order chi connectivity index (χ0) is 8.27. The van der Waals surface area contributed by atoms with Crippen LogP contribution in [0, 0.1) is 0 Å². The van der Waals surface area contributed by atoms with Gasteiger partial charge in [0.25, 0.3) is 0 Å². The summed E-state index contributed by atoms with van der Waals surface area (Å²) in [6.45, 7) is 0.821. The van der Waals surface area contributed by atoms with Crippen molar-refractivity contribution < 1.29 is 13.9 Å². The molecule has 1 aliphatic rings. The van der Waals surface area contributed by atoms with Gasteiger partial charge in [0.15, 0.2) is 0 Å². The van der Waals surface area contributed by atoms with Crippen molar-refractivity contribution in [3.8, 4) is 0 Å². The van der Waals surface area contributed by atoms with Crippen molar-refractivity contribution >= 4 is 6.09 Å². The number of nitrogens with two attached hydrogens (primary N) is 1. The first-order valence-corrected chi connectivity index (χ1v) is 3.49. The topological polar surface area (TPSA) is 64.4 Å². The van der Waals surface area contributed by atoms with E-state index in [9.17, 15) is 9.18 Å². The van der Waals surface area contributed by atoms with Crippen LogP contribution in [0.3, 0.4) is 0 Å². The van der Waals surface area contributed by atoms with Crippen molar-refractivity contribution in [1.29, 1.82) is 0 Å². The molecule has 1 rings (SSSR count). The average Bonchev–Trinajstić information content (AvgIpc) is 1.85. The third kappa shape index (κ3) is 2.71. The van der Waals surface area contributed by atoms with E-state index in [0.29, 0.717) is 13.1 Å². The van der Waals surface area contributed by atoms with Gasteiger partial charge in [0.2, 0.25) is 0 Å². The van der Waals surface area contributed by atoms with Crippen LogP contribution in [0.2, 0.25) is 0 Å². The molecule has 0 spiro atoms. The quantitative estimate of drug-likeness (QED) is 0.560. The molecular weight excluding hydrogens is 151 g/mol. The molecule has 1 saturated heterocycles. The summed E-state index contributed by atoms with van der Waals surface area (Å²) in [5.41, 5.74) is 4.76. The maximum atomic E-state index is 12.6. The van der Waals surface area contributed by atoms with Gasteiger partial charge in [0.05, 0.1) is 0 Å². The number of ether oxygens (including phenoxy) is 1. The van der Waals surface area contributed by atoms with E-state index in [-0.39, 0.29) is 6.42 Å². The maximum absolute atomic E-state index is 12.6. The van der Waals surface area contributed by atoms with E-state index >= 15 is 0 Å². The number of hydrogen-bond donors (Lipinski definition) is 2. The molecule has 5 heteroatoms. The lowest BCUT2D eigenvalue weighted by Crippen LogP contribution is -2.43. The normalized spacial score (nSPS) is 31.4. The van der Waals surface area contributed by atoms with E-state index in [1.54, 1.807) is 0 Å². The van der Waals surface area contributed by atoms with Crippen molar-refractivity contribution in [1.82, 2.24) is 5.32 Å². The summed E-state index contributed by atoms with van der Waals surface area (Å²) in [4.78, 5) is 10.2. The molecule has 64 valence electrons. The third-order valence-corrected chi connectivity index (χ3v) is 1.54. The van der Waals surface area contributed by atoms with E-state index in [1.165, 1.54) is 0 Å². The Labute approximate surface area is 63.9 Å². The minimum atomic E-state index is -0.937. The predicted molar refractivity (Wildman–Crippen MR) is 36.8 cm³/mol. The average molecular weight is 162 g/mol. The zero-order valence-electron chi connectivity index (χ0n) is 6.05. The Kier molecular flexibility index (Phi) is 2.64. The molecule has 0 aromatic heterocycles. The van der Waals surface area contributed by atoms with Gasteiger partial charge < -0.3 is 15.8 Å². The Morgan fingerprint density at radius 2 is 2.36 bits per heavy atom. The van der Waals surface area contributed by atoms with Crippen LogP contribution >= 0.6 is 0 Å². The smallest absolute Gasteiger partial charge is 0.404 e. The summed E-state index contributed by atoms with van der Waals surface area (Å²) in [5, 5.41) is 2.78. The zero-order valence-corrected chi connectivity index (χ0v) is 6.05. The van der Waals surface area contributed by atoms with Gasteiger partial charge in [0, 0.05) is 19.5 Å². The fourth-order valence-corrected chi connectivity index (χ4v) is 1.11. The number of carbonyl (C=O) groups is 1. The van der Waals surface area contributed by atoms with Gasteiger partial charge in [-0.2, -0.15) is 0 Å². The minimum Gasteiger partial charge on any atom is -0.445 e. The van der Waals surface area contributed by atoms with E-state index in [0.717, 1.165) is 0 Å². The van der Waals surface area contributed by atoms with Crippen LogP contribution < -0.4 is 11.1 Å². The van der Waals surface area contributed by atoms with Crippen molar-refractivity contribution in [2.24, 2.45) is 5.73 Å². The highest BCUT2D eigenvalue weighted by Crippen LogP contribution is 2.09. The molecular formula is C6H11FN2O2. The summed E-state index contributed by atoms with van der Waals surface area (Å²) in [7, 11) is 0. The first kappa shape index (κ1) is 8.26. The number of carbonyl (C=O) groups excluding carboxylic acids is 1. The minimum absolute atomic E-state index is 0.246. The molecule has 11 heavy (non-hydrogen) atoms. The molecule has 0 radical (unpaired) electrons. The van der Waals surface area contributed by atoms with Gasteiger partial charge in [-0.1, -0.05) is 0 Å². The van der Waals surface area contributed by atoms with Gasteiger partial charge in [-0.15, -0.1) is 0 Å². The van der Waals surface area contributed by atoms with Crippen LogP contribution in [-0.4, -0.2) is 31.5 Å². The highest BCUT2D eigenvalue weighted by molar-refractivity contribution is 5.64. The number of alkyl halides is 1. The van der Waals surface area contributed by atoms with E-state index in [2.05, 4.69) is 10.1 Å². The molecule has 2 atom stereocenters. The van der Waals surface area contributed by atoms with Gasteiger partial charge >= 0.3 is 6.09 Å². The molecule has 0 saturated carbocycles. The summed E-state index contributed by atoms with van der Waals surface area (Å²) in [6.07, 6.45) is -1.94. The predicted octanol–water partition coefficient (Wildman–Crippen LogP) is -0.218. The summed E-state index contributed by atoms with van der Waals surface area (Å²) in [6, 6.07) is 0. The van der Waals surface area contributed by atoms with Crippen molar-refractivity contribution in [3.05, 3.63) is 0 Å². The van der Waals surface area contributed by atoms with Crippen LogP contribution in [-0.2, 0) is 4.74 Å². The lowest BCUT2D eigenvalue weighted by Gasteiger charge is -2.24. The molecule has 1 aliphatic heterocycles. The van der Waals surface area contributed by atoms with Crippen LogP contribution in [0.25, 0.3) is 0 Å². The molecule has 0 aromatic rings. The van der Waals surface area contributed by atoms with Crippen molar-refractivity contribution in [2.75, 3.05) is 13.1 Å². The standard InChI is InChI=1S/C6H11FN2O2/c7-4-1-5(3-9-2-4)11-6(8)10/h4-5,9H,1-3H2,(H2,8,10)/t4-,5+/m1/s1. The summed E-state index contributed by atoms with van der Waals surface area (Å²) < 4.78 is 17.2. The number of hydrogen-bond acceptors (Lipinski definition) is 3. The lowest BCUT2D eigenvalue weighted by atomic mass is 10.1. The Bertz CT molecular complexity index is 154. The van der Waals surface area contributed by atoms with E-state index in [4.69, 9.17) is 5.73 Å². The van der Waals surface area contributed by atoms with Gasteiger partial charge in [-0.05, 0) is 0 Å². The first-order chi connectivity index (χ1) is 5.18. The largest absolute Gasteiger partial charge is 0.445 e. The fourth-order valence-electron chi connectivity index (χ4n) is 1.11. The molecule has 0 aromatic carbocycles. The van der Waals surface area contributed by atoms with Crippen LogP contribution in [0.5, 0.6) is 0 Å². The summed E-state index contributed by atoms with van der Waals surface area (Å²) in [5.74, 6) is 0. The van der Waals surface area contributed by atoms with Gasteiger partial charge in [-0.3, -0.25) is 0 Å². The second-order valence-corrected chi connectivity index (χ2v) is 2.55. The molecule has 0 aliphatic carbocycles. The number of halogens is 1. The van der Waals surface area contributed by atoms with Crippen LogP contribution in [0.15, 0.2) is 0 Å². The number of piperidine rings is 1. The Balaban J connectivity index is 2.28. The molecule has 1 fully saturated rings. The Morgan fingerprint density at radius 1 is 1.64 bits per heavy atom. The highest BCUT2D eigenvalue weighted by atomic mass is 19.1. The third-order valence-electron chi connectivity index (χ3n) is 1.54. The van der Waals surface area contributed by atoms with Crippen molar-refractivity contribution in [3.63, 3.8) is 0 Å². The highest BCUT2D eigenvalue weighted by Gasteiger charge is 2.23. The second-order valence-electron chi connectivity index (χ2n) is 2.55. The molecule has 0 bridgehead atoms. The summed E-state index contributed by atoms with van der Waals surface area (Å²) >= 11 is 0. The number of rotatable bonds is 1. The monoisotopic (exact) mass is 162 g/mol. The molecule has 0 unspecified atom stereocenters. The number of nitrogens with one attached hydrogen (secondary N) is 1. The Hall–Kier alpha value is -0.840. The number of primary amides is 1. The molecule has 1 amide bonds. The van der Waals surface area contributed by atoms with Gasteiger partial charge in [-0.25, -0.2) is 9.18 Å². The van der Waals surface area contributed by atoms with E-state index < -0.39 is 18.4 Å². The lowest BCUT2D eigenvalue weighted by molar-refractivity contribution is 0.0657. The molecule has 1 heterocycles. The van der Waals surface area contributed by atoms with Crippen LogP contribution in [0.1, 0.15) is 6.42 Å². The maximum Gasteiger partial charge on any atom is 0.404 e. The Morgan fingerprint density at radius 3 is 2.91 bits per heavy atom.